The molecule has 28 heavy (non-hydrogen) atoms. The van der Waals surface area contributed by atoms with Crippen molar-refractivity contribution in [3.63, 3.8) is 0 Å². The quantitative estimate of drug-likeness (QED) is 0.687. The Morgan fingerprint density at radius 3 is 2.46 bits per heavy atom. The van der Waals surface area contributed by atoms with Crippen LogP contribution < -0.4 is 5.32 Å². The second-order valence-corrected chi connectivity index (χ2v) is 7.94. The summed E-state index contributed by atoms with van der Waals surface area (Å²) in [4.78, 5) is 38.0. The Morgan fingerprint density at radius 2 is 1.82 bits per heavy atom. The van der Waals surface area contributed by atoms with Gasteiger partial charge in [0.1, 0.15) is 0 Å². The summed E-state index contributed by atoms with van der Waals surface area (Å²) in [5.41, 5.74) is 0.207. The first-order valence-corrected chi connectivity index (χ1v) is 10.6. The normalized spacial score (nSPS) is 15.6. The molecule has 2 rings (SSSR count). The third kappa shape index (κ3) is 6.05. The molecule has 1 saturated heterocycles. The van der Waals surface area contributed by atoms with Crippen molar-refractivity contribution in [2.45, 2.75) is 37.6 Å². The molecule has 0 aromatic heterocycles. The number of amides is 2. The van der Waals surface area contributed by atoms with Gasteiger partial charge in [-0.3, -0.25) is 9.00 Å². The van der Waals surface area contributed by atoms with Crippen LogP contribution in [-0.2, 0) is 25.1 Å². The standard InChI is InChI=1S/C19H26N2O6S/c1-3-26-19(24)21-11-9-14(10-12-21)20-17(22)13-27-18(23)15-7-5-6-8-16(15)28(25)4-2/h5-8,14H,3-4,9-13H2,1-2H3,(H,20,22). The van der Waals surface area contributed by atoms with E-state index in [2.05, 4.69) is 5.32 Å². The number of hydrogen-bond acceptors (Lipinski definition) is 6. The van der Waals surface area contributed by atoms with Crippen LogP contribution in [0.25, 0.3) is 0 Å². The van der Waals surface area contributed by atoms with Crippen molar-refractivity contribution in [2.75, 3.05) is 32.1 Å². The lowest BCUT2D eigenvalue weighted by atomic mass is 10.1. The summed E-state index contributed by atoms with van der Waals surface area (Å²) in [6, 6.07) is 6.43. The van der Waals surface area contributed by atoms with Crippen LogP contribution in [0, 0.1) is 0 Å². The van der Waals surface area contributed by atoms with Crippen molar-refractivity contribution in [1.29, 1.82) is 0 Å². The van der Waals surface area contributed by atoms with E-state index < -0.39 is 29.3 Å². The molecule has 1 atom stereocenters. The smallest absolute Gasteiger partial charge is 0.409 e. The van der Waals surface area contributed by atoms with Gasteiger partial charge in [-0.1, -0.05) is 19.1 Å². The fourth-order valence-electron chi connectivity index (χ4n) is 2.89. The molecule has 0 radical (unpaired) electrons. The number of benzene rings is 1. The number of piperidine rings is 1. The predicted octanol–water partition coefficient (Wildman–Crippen LogP) is 1.71. The zero-order valence-corrected chi connectivity index (χ0v) is 17.0. The van der Waals surface area contributed by atoms with Gasteiger partial charge >= 0.3 is 12.1 Å². The fourth-order valence-corrected chi connectivity index (χ4v) is 3.83. The molecule has 9 heteroatoms. The molecule has 1 aliphatic heterocycles. The average Bonchev–Trinajstić information content (AvgIpc) is 2.72. The lowest BCUT2D eigenvalue weighted by Crippen LogP contribution is -2.47. The Labute approximate surface area is 167 Å². The molecule has 0 saturated carbocycles. The summed E-state index contributed by atoms with van der Waals surface area (Å²) >= 11 is 0. The van der Waals surface area contributed by atoms with E-state index in [1.807, 2.05) is 0 Å². The van der Waals surface area contributed by atoms with Gasteiger partial charge in [-0.2, -0.15) is 0 Å². The maximum Gasteiger partial charge on any atom is 0.409 e. The van der Waals surface area contributed by atoms with Crippen molar-refractivity contribution >= 4 is 28.8 Å². The number of carbonyl (C=O) groups excluding carboxylic acids is 3. The molecule has 1 unspecified atom stereocenters. The van der Waals surface area contributed by atoms with Crippen molar-refractivity contribution in [1.82, 2.24) is 10.2 Å². The SMILES string of the molecule is CCOC(=O)N1CCC(NC(=O)COC(=O)c2ccccc2S(=O)CC)CC1. The second-order valence-electron chi connectivity index (χ2n) is 6.23. The molecule has 0 spiro atoms. The van der Waals surface area contributed by atoms with Gasteiger partial charge in [0.25, 0.3) is 5.91 Å². The molecular weight excluding hydrogens is 384 g/mol. The van der Waals surface area contributed by atoms with Crippen LogP contribution >= 0.6 is 0 Å². The van der Waals surface area contributed by atoms with E-state index in [-0.39, 0.29) is 17.7 Å². The lowest BCUT2D eigenvalue weighted by Gasteiger charge is -2.31. The summed E-state index contributed by atoms with van der Waals surface area (Å²) in [7, 11) is -1.30. The molecule has 1 heterocycles. The highest BCUT2D eigenvalue weighted by Gasteiger charge is 2.25. The Hall–Kier alpha value is -2.42. The third-order valence-corrected chi connectivity index (χ3v) is 5.71. The zero-order chi connectivity index (χ0) is 20.5. The molecule has 1 fully saturated rings. The topological polar surface area (TPSA) is 102 Å². The number of ether oxygens (including phenoxy) is 2. The van der Waals surface area contributed by atoms with Crippen LogP contribution in [-0.4, -0.2) is 65.2 Å². The fraction of sp³-hybridized carbons (Fsp3) is 0.526. The maximum atomic E-state index is 12.3. The molecule has 1 aromatic carbocycles. The second kappa shape index (κ2) is 10.8. The van der Waals surface area contributed by atoms with Crippen LogP contribution in [0.4, 0.5) is 4.79 Å². The van der Waals surface area contributed by atoms with E-state index >= 15 is 0 Å². The first-order valence-electron chi connectivity index (χ1n) is 9.31. The van der Waals surface area contributed by atoms with E-state index in [0.717, 1.165) is 0 Å². The Balaban J connectivity index is 1.80. The number of nitrogens with zero attached hydrogens (tertiary/aromatic N) is 1. The van der Waals surface area contributed by atoms with Gasteiger partial charge in [-0.25, -0.2) is 9.59 Å². The van der Waals surface area contributed by atoms with Crippen LogP contribution in [0.2, 0.25) is 0 Å². The van der Waals surface area contributed by atoms with Crippen LogP contribution in [0.1, 0.15) is 37.0 Å². The van der Waals surface area contributed by atoms with Crippen LogP contribution in [0.3, 0.4) is 0 Å². The summed E-state index contributed by atoms with van der Waals surface area (Å²) in [6.07, 6.45) is 0.873. The molecule has 2 amide bonds. The summed E-state index contributed by atoms with van der Waals surface area (Å²) in [5, 5.41) is 2.81. The van der Waals surface area contributed by atoms with Gasteiger partial charge in [0.15, 0.2) is 6.61 Å². The van der Waals surface area contributed by atoms with Gasteiger partial charge in [0, 0.05) is 24.9 Å². The summed E-state index contributed by atoms with van der Waals surface area (Å²) < 4.78 is 22.1. The lowest BCUT2D eigenvalue weighted by molar-refractivity contribution is -0.125. The van der Waals surface area contributed by atoms with Crippen LogP contribution in [0.15, 0.2) is 29.2 Å². The minimum absolute atomic E-state index is 0.0863. The van der Waals surface area contributed by atoms with Gasteiger partial charge < -0.3 is 19.7 Å². The summed E-state index contributed by atoms with van der Waals surface area (Å²) in [6.45, 7) is 4.43. The Bertz CT molecular complexity index is 731. The molecule has 1 aliphatic rings. The minimum Gasteiger partial charge on any atom is -0.452 e. The monoisotopic (exact) mass is 410 g/mol. The molecule has 154 valence electrons. The van der Waals surface area contributed by atoms with E-state index in [1.54, 1.807) is 36.9 Å². The van der Waals surface area contributed by atoms with E-state index in [9.17, 15) is 18.6 Å². The maximum absolute atomic E-state index is 12.3. The number of hydrogen-bond donors (Lipinski definition) is 1. The highest BCUT2D eigenvalue weighted by molar-refractivity contribution is 7.85. The third-order valence-electron chi connectivity index (χ3n) is 4.33. The first kappa shape index (κ1) is 21.9. The number of rotatable bonds is 7. The number of carbonyl (C=O) groups is 3. The van der Waals surface area contributed by atoms with Crippen LogP contribution in [0.5, 0.6) is 0 Å². The molecular formula is C19H26N2O6S. The van der Waals surface area contributed by atoms with Crippen molar-refractivity contribution in [2.24, 2.45) is 0 Å². The molecule has 0 aliphatic carbocycles. The van der Waals surface area contributed by atoms with Gasteiger partial charge in [0.05, 0.1) is 27.9 Å². The summed E-state index contributed by atoms with van der Waals surface area (Å²) in [5.74, 6) is -0.698. The number of esters is 1. The number of nitrogens with one attached hydrogen (secondary N) is 1. The van der Waals surface area contributed by atoms with E-state index in [0.29, 0.717) is 43.2 Å². The Morgan fingerprint density at radius 1 is 1.14 bits per heavy atom. The molecule has 1 N–H and O–H groups in total. The van der Waals surface area contributed by atoms with Gasteiger partial charge in [0.2, 0.25) is 0 Å². The van der Waals surface area contributed by atoms with Crippen molar-refractivity contribution in [3.8, 4) is 0 Å². The molecule has 0 bridgehead atoms. The average molecular weight is 410 g/mol. The Kier molecular flexibility index (Phi) is 8.43. The molecule has 1 aromatic rings. The largest absolute Gasteiger partial charge is 0.452 e. The zero-order valence-electron chi connectivity index (χ0n) is 16.1. The minimum atomic E-state index is -1.30. The highest BCUT2D eigenvalue weighted by atomic mass is 32.2. The van der Waals surface area contributed by atoms with E-state index in [4.69, 9.17) is 9.47 Å². The van der Waals surface area contributed by atoms with Gasteiger partial charge in [-0.05, 0) is 31.9 Å². The number of likely N-dealkylation sites (tertiary alicyclic amines) is 1. The predicted molar refractivity (Wildman–Crippen MR) is 103 cm³/mol. The van der Waals surface area contributed by atoms with Crippen molar-refractivity contribution < 1.29 is 28.1 Å². The molecule has 8 nitrogen and oxygen atoms in total. The van der Waals surface area contributed by atoms with Crippen molar-refractivity contribution in [3.05, 3.63) is 29.8 Å². The van der Waals surface area contributed by atoms with Gasteiger partial charge in [-0.15, -0.1) is 0 Å². The highest BCUT2D eigenvalue weighted by Crippen LogP contribution is 2.15. The van der Waals surface area contributed by atoms with E-state index in [1.165, 1.54) is 6.07 Å². The first-order chi connectivity index (χ1) is 13.5.